The predicted molar refractivity (Wildman–Crippen MR) is 95.7 cm³/mol. The fraction of sp³-hybridized carbons (Fsp3) is 0. The van der Waals surface area contributed by atoms with Crippen molar-refractivity contribution in [2.75, 3.05) is 11.5 Å². The second-order valence-corrected chi connectivity index (χ2v) is 4.16. The number of hydrogen-bond acceptors (Lipinski definition) is 4. The fourth-order valence-electron chi connectivity index (χ4n) is 0.906. The summed E-state index contributed by atoms with van der Waals surface area (Å²) >= 11 is 0. The van der Waals surface area contributed by atoms with E-state index in [1.54, 1.807) is 0 Å². The molecule has 0 aliphatic heterocycles. The Labute approximate surface area is 137 Å². The Morgan fingerprint density at radius 3 is 0.913 bits per heavy atom. The summed E-state index contributed by atoms with van der Waals surface area (Å²) in [4.78, 5) is 0. The van der Waals surface area contributed by atoms with Gasteiger partial charge in [-0.15, -0.1) is 25.7 Å². The molecule has 6 nitrogen and oxygen atoms in total. The van der Waals surface area contributed by atoms with Crippen molar-refractivity contribution in [1.29, 1.82) is 0 Å². The Balaban J connectivity index is -0.000000238. The first-order valence-electron chi connectivity index (χ1n) is 5.76. The molecule has 23 heavy (non-hydrogen) atoms. The van der Waals surface area contributed by atoms with E-state index in [2.05, 4.69) is 25.7 Å². The van der Waals surface area contributed by atoms with E-state index in [0.717, 1.165) is 11.4 Å². The summed E-state index contributed by atoms with van der Waals surface area (Å²) in [6.45, 7) is 0. The minimum absolute atomic E-state index is 0.822. The number of anilines is 2. The van der Waals surface area contributed by atoms with Gasteiger partial charge in [0.25, 0.3) is 0 Å². The molecule has 0 saturated carbocycles. The molecule has 0 atom stereocenters. The van der Waals surface area contributed by atoms with Crippen LogP contribution in [-0.2, 0) is 10.4 Å². The number of nitrogens with two attached hydrogens (primary N) is 2. The van der Waals surface area contributed by atoms with Crippen LogP contribution in [0.25, 0.3) is 0 Å². The Morgan fingerprint density at radius 1 is 0.652 bits per heavy atom. The summed E-state index contributed by atoms with van der Waals surface area (Å²) in [5, 5.41) is 0. The van der Waals surface area contributed by atoms with E-state index in [9.17, 15) is 0 Å². The average molecular weight is 336 g/mol. The smallest absolute Gasteiger partial charge is 0.394 e. The third-order valence-corrected chi connectivity index (χ3v) is 1.60. The molecule has 0 unspecified atom stereocenters. The quantitative estimate of drug-likeness (QED) is 0.332. The van der Waals surface area contributed by atoms with E-state index < -0.39 is 10.4 Å². The number of benzene rings is 2. The SMILES string of the molecule is C#C.C#C.Nc1ccccc1.Nc1ccccc1.O=S(=O)(O)O. The van der Waals surface area contributed by atoms with Crippen LogP contribution in [0.3, 0.4) is 0 Å². The molecule has 2 aromatic carbocycles. The third-order valence-electron chi connectivity index (χ3n) is 1.60. The van der Waals surface area contributed by atoms with Crippen molar-refractivity contribution in [2.45, 2.75) is 0 Å². The van der Waals surface area contributed by atoms with Gasteiger partial charge in [-0.3, -0.25) is 9.11 Å². The normalized spacial score (nSPS) is 7.91. The van der Waals surface area contributed by atoms with E-state index in [4.69, 9.17) is 29.0 Å². The molecule has 2 aromatic rings. The highest BCUT2D eigenvalue weighted by Crippen LogP contribution is 1.96. The maximum absolute atomic E-state index is 8.74. The van der Waals surface area contributed by atoms with Crippen LogP contribution >= 0.6 is 0 Å². The summed E-state index contributed by atoms with van der Waals surface area (Å²) in [6, 6.07) is 19.0. The predicted octanol–water partition coefficient (Wildman–Crippen LogP) is 2.38. The Hall–Kier alpha value is -2.97. The average Bonchev–Trinajstić information content (AvgIpc) is 2.52. The lowest BCUT2D eigenvalue weighted by Crippen LogP contribution is -1.89. The number of para-hydroxylation sites is 2. The van der Waals surface area contributed by atoms with Crippen LogP contribution in [0.1, 0.15) is 0 Å². The first kappa shape index (κ1) is 25.0. The van der Waals surface area contributed by atoms with Gasteiger partial charge >= 0.3 is 10.4 Å². The van der Waals surface area contributed by atoms with Gasteiger partial charge in [-0.2, -0.15) is 8.42 Å². The molecular weight excluding hydrogens is 316 g/mol. The maximum Gasteiger partial charge on any atom is 0.394 e. The van der Waals surface area contributed by atoms with E-state index in [1.165, 1.54) is 0 Å². The van der Waals surface area contributed by atoms with Gasteiger partial charge in [0.15, 0.2) is 0 Å². The number of nitrogen functional groups attached to an aromatic ring is 2. The largest absolute Gasteiger partial charge is 0.399 e. The van der Waals surface area contributed by atoms with Crippen LogP contribution < -0.4 is 11.5 Å². The van der Waals surface area contributed by atoms with Gasteiger partial charge in [0.1, 0.15) is 0 Å². The monoisotopic (exact) mass is 336 g/mol. The summed E-state index contributed by atoms with van der Waals surface area (Å²) in [5.41, 5.74) is 12.4. The molecular formula is C16H20N2O4S. The van der Waals surface area contributed by atoms with Gasteiger partial charge in [0.2, 0.25) is 0 Å². The zero-order valence-electron chi connectivity index (χ0n) is 12.4. The van der Waals surface area contributed by atoms with Crippen LogP contribution in [-0.4, -0.2) is 17.5 Å². The van der Waals surface area contributed by atoms with Crippen molar-refractivity contribution >= 4 is 21.8 Å². The summed E-state index contributed by atoms with van der Waals surface area (Å²) in [6.07, 6.45) is 16.0. The molecule has 2 rings (SSSR count). The third kappa shape index (κ3) is 32.5. The minimum atomic E-state index is -4.67. The van der Waals surface area contributed by atoms with Crippen LogP contribution in [0.2, 0.25) is 0 Å². The molecule has 0 heterocycles. The second kappa shape index (κ2) is 17.1. The highest BCUT2D eigenvalue weighted by molar-refractivity contribution is 7.79. The standard InChI is InChI=1S/2C6H7N.2C2H2.H2O4S/c2*7-6-4-2-1-3-5-6;2*1-2;1-5(2,3)4/h2*1-5H,7H2;2*1-2H;(H2,1,2,3,4). The molecule has 0 aromatic heterocycles. The Kier molecular flexibility index (Phi) is 18.6. The molecule has 6 N–H and O–H groups in total. The molecule has 0 saturated heterocycles. The van der Waals surface area contributed by atoms with Crippen molar-refractivity contribution in [3.8, 4) is 25.7 Å². The summed E-state index contributed by atoms with van der Waals surface area (Å²) in [7, 11) is -4.67. The van der Waals surface area contributed by atoms with Gasteiger partial charge < -0.3 is 11.5 Å². The summed E-state index contributed by atoms with van der Waals surface area (Å²) in [5.74, 6) is 0. The van der Waals surface area contributed by atoms with Crippen molar-refractivity contribution in [3.05, 3.63) is 60.7 Å². The lowest BCUT2D eigenvalue weighted by atomic mass is 10.3. The zero-order valence-corrected chi connectivity index (χ0v) is 13.2. The number of terminal acetylenes is 2. The number of hydrogen-bond donors (Lipinski definition) is 4. The van der Waals surface area contributed by atoms with Gasteiger partial charge in [-0.1, -0.05) is 36.4 Å². The van der Waals surface area contributed by atoms with Gasteiger partial charge in [-0.25, -0.2) is 0 Å². The first-order chi connectivity index (χ1) is 10.8. The highest BCUT2D eigenvalue weighted by atomic mass is 32.3. The molecule has 0 aliphatic rings. The minimum Gasteiger partial charge on any atom is -0.399 e. The molecule has 0 radical (unpaired) electrons. The molecule has 0 fully saturated rings. The molecule has 7 heteroatoms. The lowest BCUT2D eigenvalue weighted by Gasteiger charge is -1.83. The van der Waals surface area contributed by atoms with Crippen LogP contribution in [0, 0.1) is 25.7 Å². The van der Waals surface area contributed by atoms with E-state index in [-0.39, 0.29) is 0 Å². The van der Waals surface area contributed by atoms with E-state index >= 15 is 0 Å². The molecule has 0 aliphatic carbocycles. The van der Waals surface area contributed by atoms with Gasteiger partial charge in [0.05, 0.1) is 0 Å². The van der Waals surface area contributed by atoms with Crippen LogP contribution in [0.4, 0.5) is 11.4 Å². The lowest BCUT2D eigenvalue weighted by molar-refractivity contribution is 0.381. The molecule has 0 spiro atoms. The van der Waals surface area contributed by atoms with E-state index in [1.807, 2.05) is 60.7 Å². The maximum atomic E-state index is 8.74. The highest BCUT2D eigenvalue weighted by Gasteiger charge is 1.84. The second-order valence-electron chi connectivity index (χ2n) is 3.27. The van der Waals surface area contributed by atoms with Crippen LogP contribution in [0.15, 0.2) is 60.7 Å². The van der Waals surface area contributed by atoms with Crippen molar-refractivity contribution in [1.82, 2.24) is 0 Å². The molecule has 0 bridgehead atoms. The summed E-state index contributed by atoms with van der Waals surface area (Å²) < 4.78 is 31.6. The first-order valence-corrected chi connectivity index (χ1v) is 7.16. The Morgan fingerprint density at radius 2 is 0.826 bits per heavy atom. The molecule has 124 valence electrons. The van der Waals surface area contributed by atoms with Crippen molar-refractivity contribution in [3.63, 3.8) is 0 Å². The number of rotatable bonds is 0. The topological polar surface area (TPSA) is 127 Å². The van der Waals surface area contributed by atoms with Gasteiger partial charge in [-0.05, 0) is 24.3 Å². The Bertz CT molecular complexity index is 573. The fourth-order valence-corrected chi connectivity index (χ4v) is 0.906. The zero-order chi connectivity index (χ0) is 18.7. The van der Waals surface area contributed by atoms with E-state index in [0.29, 0.717) is 0 Å². The van der Waals surface area contributed by atoms with Crippen molar-refractivity contribution < 1.29 is 17.5 Å². The van der Waals surface area contributed by atoms with Gasteiger partial charge in [0, 0.05) is 11.4 Å². The van der Waals surface area contributed by atoms with Crippen LogP contribution in [0.5, 0.6) is 0 Å². The van der Waals surface area contributed by atoms with Crippen molar-refractivity contribution in [2.24, 2.45) is 0 Å². The molecule has 0 amide bonds.